The third-order valence-corrected chi connectivity index (χ3v) is 3.14. The topological polar surface area (TPSA) is 48.1 Å². The van der Waals surface area contributed by atoms with Gasteiger partial charge in [0.05, 0.1) is 6.04 Å². The first-order valence-electron chi connectivity index (χ1n) is 6.15. The summed E-state index contributed by atoms with van der Waals surface area (Å²) < 4.78 is 5.81. The molecule has 19 heavy (non-hydrogen) atoms. The van der Waals surface area contributed by atoms with Crippen molar-refractivity contribution >= 4 is 11.6 Å². The number of nitrogens with zero attached hydrogens (tertiary/aromatic N) is 1. The Kier molecular flexibility index (Phi) is 4.40. The molecule has 0 aliphatic carbocycles. The highest BCUT2D eigenvalue weighted by Gasteiger charge is 2.17. The standard InChI is InChI=1S/C15H17ClN2O/c1-10-6-12(9-18-8-10)15(17)11(2)19-14-5-3-4-13(16)7-14/h3-9,11,15H,17H2,1-2H3. The van der Waals surface area contributed by atoms with Gasteiger partial charge in [0, 0.05) is 17.4 Å². The Morgan fingerprint density at radius 3 is 2.74 bits per heavy atom. The molecule has 3 nitrogen and oxygen atoms in total. The third kappa shape index (κ3) is 3.69. The molecule has 1 aromatic heterocycles. The highest BCUT2D eigenvalue weighted by molar-refractivity contribution is 6.30. The molecule has 2 rings (SSSR count). The molecule has 0 radical (unpaired) electrons. The maximum Gasteiger partial charge on any atom is 0.121 e. The first-order chi connectivity index (χ1) is 9.06. The van der Waals surface area contributed by atoms with Gasteiger partial charge in [-0.2, -0.15) is 0 Å². The predicted molar refractivity (Wildman–Crippen MR) is 77.4 cm³/mol. The number of benzene rings is 1. The van der Waals surface area contributed by atoms with Crippen molar-refractivity contribution in [3.63, 3.8) is 0 Å². The van der Waals surface area contributed by atoms with Crippen molar-refractivity contribution in [2.24, 2.45) is 5.73 Å². The van der Waals surface area contributed by atoms with Crippen LogP contribution in [0.15, 0.2) is 42.7 Å². The summed E-state index contributed by atoms with van der Waals surface area (Å²) in [6.45, 7) is 3.93. The molecule has 0 amide bonds. The Morgan fingerprint density at radius 1 is 1.26 bits per heavy atom. The van der Waals surface area contributed by atoms with Crippen LogP contribution in [-0.4, -0.2) is 11.1 Å². The minimum Gasteiger partial charge on any atom is -0.489 e. The highest BCUT2D eigenvalue weighted by atomic mass is 35.5. The van der Waals surface area contributed by atoms with Gasteiger partial charge in [-0.3, -0.25) is 4.98 Å². The Balaban J connectivity index is 2.09. The lowest BCUT2D eigenvalue weighted by molar-refractivity contribution is 0.190. The van der Waals surface area contributed by atoms with Gasteiger partial charge in [0.15, 0.2) is 0 Å². The van der Waals surface area contributed by atoms with Crippen molar-refractivity contribution in [2.75, 3.05) is 0 Å². The minimum absolute atomic E-state index is 0.165. The molecular weight excluding hydrogens is 260 g/mol. The zero-order valence-corrected chi connectivity index (χ0v) is 11.8. The second-order valence-electron chi connectivity index (χ2n) is 4.60. The van der Waals surface area contributed by atoms with E-state index in [0.29, 0.717) is 5.02 Å². The van der Waals surface area contributed by atoms with Crippen molar-refractivity contribution in [1.82, 2.24) is 4.98 Å². The van der Waals surface area contributed by atoms with E-state index in [0.717, 1.165) is 16.9 Å². The van der Waals surface area contributed by atoms with Crippen LogP contribution >= 0.6 is 11.6 Å². The summed E-state index contributed by atoms with van der Waals surface area (Å²) in [6, 6.07) is 9.10. The van der Waals surface area contributed by atoms with E-state index < -0.39 is 0 Å². The molecular formula is C15H17ClN2O. The Hall–Kier alpha value is -1.58. The molecule has 0 spiro atoms. The molecule has 100 valence electrons. The molecule has 0 saturated heterocycles. The number of ether oxygens (including phenoxy) is 1. The summed E-state index contributed by atoms with van der Waals surface area (Å²) in [5.74, 6) is 0.719. The highest BCUT2D eigenvalue weighted by Crippen LogP contribution is 2.22. The van der Waals surface area contributed by atoms with Crippen LogP contribution in [0.5, 0.6) is 5.75 Å². The van der Waals surface area contributed by atoms with Crippen LogP contribution in [0.1, 0.15) is 24.1 Å². The third-order valence-electron chi connectivity index (χ3n) is 2.90. The summed E-state index contributed by atoms with van der Waals surface area (Å²) in [5.41, 5.74) is 8.25. The van der Waals surface area contributed by atoms with Crippen molar-refractivity contribution in [1.29, 1.82) is 0 Å². The molecule has 0 fully saturated rings. The lowest BCUT2D eigenvalue weighted by atomic mass is 10.0. The van der Waals surface area contributed by atoms with E-state index in [-0.39, 0.29) is 12.1 Å². The van der Waals surface area contributed by atoms with Gasteiger partial charge in [-0.15, -0.1) is 0 Å². The molecule has 0 aliphatic heterocycles. The molecule has 0 bridgehead atoms. The second-order valence-corrected chi connectivity index (χ2v) is 5.04. The SMILES string of the molecule is Cc1cncc(C(N)C(C)Oc2cccc(Cl)c2)c1. The predicted octanol–water partition coefficient (Wildman–Crippen LogP) is 3.51. The number of rotatable bonds is 4. The average Bonchev–Trinajstić information content (AvgIpc) is 2.38. The van der Waals surface area contributed by atoms with E-state index in [4.69, 9.17) is 22.1 Å². The largest absolute Gasteiger partial charge is 0.489 e. The molecule has 2 unspecified atom stereocenters. The molecule has 2 N–H and O–H groups in total. The number of pyridine rings is 1. The van der Waals surface area contributed by atoms with Gasteiger partial charge < -0.3 is 10.5 Å². The van der Waals surface area contributed by atoms with Crippen LogP contribution in [-0.2, 0) is 0 Å². The van der Waals surface area contributed by atoms with Crippen LogP contribution < -0.4 is 10.5 Å². The van der Waals surface area contributed by atoms with E-state index in [9.17, 15) is 0 Å². The maximum atomic E-state index is 6.20. The van der Waals surface area contributed by atoms with Gasteiger partial charge in [-0.05, 0) is 43.2 Å². The fourth-order valence-corrected chi connectivity index (χ4v) is 2.04. The van der Waals surface area contributed by atoms with Crippen LogP contribution in [0.2, 0.25) is 5.02 Å². The fourth-order valence-electron chi connectivity index (χ4n) is 1.86. The summed E-state index contributed by atoms with van der Waals surface area (Å²) in [5, 5.41) is 0.649. The zero-order valence-electron chi connectivity index (χ0n) is 11.0. The number of aromatic nitrogens is 1. The van der Waals surface area contributed by atoms with Crippen molar-refractivity contribution in [2.45, 2.75) is 26.0 Å². The summed E-state index contributed by atoms with van der Waals surface area (Å²) in [4.78, 5) is 4.15. The van der Waals surface area contributed by atoms with Crippen LogP contribution in [0.3, 0.4) is 0 Å². The van der Waals surface area contributed by atoms with Crippen molar-refractivity contribution < 1.29 is 4.74 Å². The lowest BCUT2D eigenvalue weighted by Gasteiger charge is -2.22. The van der Waals surface area contributed by atoms with Crippen molar-refractivity contribution in [3.05, 3.63) is 58.9 Å². The first kappa shape index (κ1) is 13.8. The van der Waals surface area contributed by atoms with Gasteiger partial charge in [0.1, 0.15) is 11.9 Å². The smallest absolute Gasteiger partial charge is 0.121 e. The van der Waals surface area contributed by atoms with E-state index in [1.54, 1.807) is 18.5 Å². The van der Waals surface area contributed by atoms with E-state index in [1.165, 1.54) is 0 Å². The lowest BCUT2D eigenvalue weighted by Crippen LogP contribution is -2.28. The maximum absolute atomic E-state index is 6.20. The van der Waals surface area contributed by atoms with E-state index >= 15 is 0 Å². The molecule has 1 aromatic carbocycles. The fraction of sp³-hybridized carbons (Fsp3) is 0.267. The monoisotopic (exact) mass is 276 g/mol. The molecule has 1 heterocycles. The summed E-state index contributed by atoms with van der Waals surface area (Å²) >= 11 is 5.92. The molecule has 2 aromatic rings. The van der Waals surface area contributed by atoms with Gasteiger partial charge in [0.25, 0.3) is 0 Å². The van der Waals surface area contributed by atoms with Gasteiger partial charge >= 0.3 is 0 Å². The first-order valence-corrected chi connectivity index (χ1v) is 6.53. The number of nitrogens with two attached hydrogens (primary N) is 1. The number of halogens is 1. The molecule has 4 heteroatoms. The summed E-state index contributed by atoms with van der Waals surface area (Å²) in [7, 11) is 0. The van der Waals surface area contributed by atoms with Crippen LogP contribution in [0.4, 0.5) is 0 Å². The van der Waals surface area contributed by atoms with Crippen molar-refractivity contribution in [3.8, 4) is 5.75 Å². The number of hydrogen-bond donors (Lipinski definition) is 1. The Bertz CT molecular complexity index is 559. The summed E-state index contributed by atoms with van der Waals surface area (Å²) in [6.07, 6.45) is 3.41. The molecule has 0 aliphatic rings. The zero-order chi connectivity index (χ0) is 13.8. The number of hydrogen-bond acceptors (Lipinski definition) is 3. The van der Waals surface area contributed by atoms with E-state index in [2.05, 4.69) is 4.98 Å². The van der Waals surface area contributed by atoms with Gasteiger partial charge in [0.2, 0.25) is 0 Å². The molecule has 0 saturated carbocycles. The normalized spacial score (nSPS) is 13.9. The van der Waals surface area contributed by atoms with Gasteiger partial charge in [-0.1, -0.05) is 23.7 Å². The van der Waals surface area contributed by atoms with Crippen LogP contribution in [0, 0.1) is 6.92 Å². The number of aryl methyl sites for hydroxylation is 1. The minimum atomic E-state index is -0.230. The quantitative estimate of drug-likeness (QED) is 0.930. The molecule has 2 atom stereocenters. The van der Waals surface area contributed by atoms with Crippen LogP contribution in [0.25, 0.3) is 0 Å². The second kappa shape index (κ2) is 6.04. The Morgan fingerprint density at radius 2 is 2.05 bits per heavy atom. The Labute approximate surface area is 118 Å². The average molecular weight is 277 g/mol. The van der Waals surface area contributed by atoms with E-state index in [1.807, 2.05) is 38.1 Å². The van der Waals surface area contributed by atoms with Gasteiger partial charge in [-0.25, -0.2) is 0 Å².